The summed E-state index contributed by atoms with van der Waals surface area (Å²) >= 11 is 0. The van der Waals surface area contributed by atoms with Gasteiger partial charge >= 0.3 is 6.18 Å². The Balaban J connectivity index is 2.17. The zero-order valence-electron chi connectivity index (χ0n) is 14.2. The molecular formula is C16H21F3N2O4S. The lowest BCUT2D eigenvalue weighted by atomic mass is 10.0. The predicted octanol–water partition coefficient (Wildman–Crippen LogP) is 1.90. The quantitative estimate of drug-likeness (QED) is 0.799. The maximum Gasteiger partial charge on any atom is 0.405 e. The van der Waals surface area contributed by atoms with Crippen LogP contribution in [0.5, 0.6) is 0 Å². The molecule has 146 valence electrons. The Morgan fingerprint density at radius 2 is 1.92 bits per heavy atom. The van der Waals surface area contributed by atoms with Crippen molar-refractivity contribution >= 4 is 15.9 Å². The van der Waals surface area contributed by atoms with Crippen molar-refractivity contribution < 1.29 is 31.5 Å². The number of aliphatic hydroxyl groups excluding tert-OH is 1. The number of rotatable bonds is 5. The van der Waals surface area contributed by atoms with Gasteiger partial charge in [-0.1, -0.05) is 6.42 Å². The third-order valence-corrected chi connectivity index (χ3v) is 6.17. The van der Waals surface area contributed by atoms with Crippen LogP contribution in [0.15, 0.2) is 29.2 Å². The molecule has 0 bridgehead atoms. The van der Waals surface area contributed by atoms with E-state index in [1.54, 1.807) is 5.32 Å². The van der Waals surface area contributed by atoms with Crippen molar-refractivity contribution in [3.05, 3.63) is 29.8 Å². The lowest BCUT2D eigenvalue weighted by Gasteiger charge is -2.36. The van der Waals surface area contributed by atoms with Gasteiger partial charge in [0.15, 0.2) is 0 Å². The second kappa shape index (κ2) is 7.93. The van der Waals surface area contributed by atoms with Gasteiger partial charge in [0.1, 0.15) is 6.54 Å². The van der Waals surface area contributed by atoms with Crippen molar-refractivity contribution in [3.8, 4) is 0 Å². The van der Waals surface area contributed by atoms with Crippen LogP contribution >= 0.6 is 0 Å². The molecule has 0 aromatic heterocycles. The van der Waals surface area contributed by atoms with Crippen LogP contribution in [0.4, 0.5) is 13.2 Å². The van der Waals surface area contributed by atoms with Gasteiger partial charge in [-0.3, -0.25) is 4.79 Å². The number of hydrogen-bond donors (Lipinski definition) is 2. The number of aliphatic hydroxyl groups is 1. The monoisotopic (exact) mass is 394 g/mol. The molecule has 1 saturated heterocycles. The van der Waals surface area contributed by atoms with Gasteiger partial charge in [-0.05, 0) is 44.0 Å². The van der Waals surface area contributed by atoms with Crippen molar-refractivity contribution in [2.45, 2.75) is 49.4 Å². The van der Waals surface area contributed by atoms with E-state index in [0.29, 0.717) is 12.8 Å². The van der Waals surface area contributed by atoms with Crippen LogP contribution in [0, 0.1) is 0 Å². The molecule has 1 aromatic carbocycles. The molecule has 1 aliphatic rings. The van der Waals surface area contributed by atoms with Crippen LogP contribution in [0.1, 0.15) is 36.5 Å². The molecule has 6 nitrogen and oxygen atoms in total. The van der Waals surface area contributed by atoms with E-state index in [1.165, 1.54) is 35.5 Å². The molecule has 0 aliphatic carbocycles. The normalized spacial score (nSPS) is 20.6. The number of hydrogen-bond acceptors (Lipinski definition) is 4. The van der Waals surface area contributed by atoms with Crippen molar-refractivity contribution in [3.63, 3.8) is 0 Å². The van der Waals surface area contributed by atoms with Crippen LogP contribution < -0.4 is 5.32 Å². The molecule has 10 heteroatoms. The number of alkyl halides is 3. The number of nitrogens with zero attached hydrogens (tertiary/aromatic N) is 1. The van der Waals surface area contributed by atoms with Crippen molar-refractivity contribution in [2.75, 3.05) is 13.1 Å². The van der Waals surface area contributed by atoms with Gasteiger partial charge < -0.3 is 10.4 Å². The zero-order valence-corrected chi connectivity index (χ0v) is 15.0. The number of sulfonamides is 1. The van der Waals surface area contributed by atoms with Crippen LogP contribution in [0.3, 0.4) is 0 Å². The summed E-state index contributed by atoms with van der Waals surface area (Å²) in [5.74, 6) is -0.939. The molecule has 2 rings (SSSR count). The van der Waals surface area contributed by atoms with E-state index in [2.05, 4.69) is 0 Å². The fraction of sp³-hybridized carbons (Fsp3) is 0.562. The highest BCUT2D eigenvalue weighted by Gasteiger charge is 2.36. The first kappa shape index (κ1) is 20.7. The topological polar surface area (TPSA) is 86.7 Å². The molecule has 1 amide bonds. The molecule has 1 aromatic rings. The summed E-state index contributed by atoms with van der Waals surface area (Å²) in [6.07, 6.45) is -3.30. The molecule has 0 radical (unpaired) electrons. The predicted molar refractivity (Wildman–Crippen MR) is 88.0 cm³/mol. The summed E-state index contributed by atoms with van der Waals surface area (Å²) in [6, 6.07) is 4.18. The maximum absolute atomic E-state index is 12.8. The summed E-state index contributed by atoms with van der Waals surface area (Å²) in [6.45, 7) is 0.355. The lowest BCUT2D eigenvalue weighted by Crippen LogP contribution is -2.48. The van der Waals surface area contributed by atoms with E-state index in [9.17, 15) is 31.5 Å². The first-order valence-electron chi connectivity index (χ1n) is 8.17. The first-order valence-corrected chi connectivity index (χ1v) is 9.61. The van der Waals surface area contributed by atoms with Crippen molar-refractivity contribution in [1.29, 1.82) is 0 Å². The van der Waals surface area contributed by atoms with Crippen molar-refractivity contribution in [2.24, 2.45) is 0 Å². The molecule has 1 heterocycles. The minimum Gasteiger partial charge on any atom is -0.392 e. The fourth-order valence-electron chi connectivity index (χ4n) is 2.91. The average molecular weight is 394 g/mol. The molecule has 2 atom stereocenters. The molecule has 2 unspecified atom stereocenters. The van der Waals surface area contributed by atoms with E-state index >= 15 is 0 Å². The third kappa shape index (κ3) is 4.95. The Kier molecular flexibility index (Phi) is 6.30. The van der Waals surface area contributed by atoms with Gasteiger partial charge in [-0.2, -0.15) is 17.5 Å². The summed E-state index contributed by atoms with van der Waals surface area (Å²) in [5.41, 5.74) is -0.0704. The van der Waals surface area contributed by atoms with Gasteiger partial charge in [0.05, 0.1) is 17.0 Å². The minimum atomic E-state index is -4.52. The second-order valence-corrected chi connectivity index (χ2v) is 8.13. The maximum atomic E-state index is 12.8. The zero-order chi connectivity index (χ0) is 19.5. The van der Waals surface area contributed by atoms with E-state index in [1.807, 2.05) is 0 Å². The Bertz CT molecular complexity index is 733. The molecule has 26 heavy (non-hydrogen) atoms. The van der Waals surface area contributed by atoms with Crippen LogP contribution in [0.25, 0.3) is 0 Å². The lowest BCUT2D eigenvalue weighted by molar-refractivity contribution is -0.123. The summed E-state index contributed by atoms with van der Waals surface area (Å²) in [4.78, 5) is 11.6. The number of halogens is 3. The highest BCUT2D eigenvalue weighted by molar-refractivity contribution is 7.89. The van der Waals surface area contributed by atoms with Crippen LogP contribution in [0.2, 0.25) is 0 Å². The Labute approximate surface area is 150 Å². The van der Waals surface area contributed by atoms with E-state index in [4.69, 9.17) is 0 Å². The van der Waals surface area contributed by atoms with Gasteiger partial charge in [0.25, 0.3) is 5.91 Å². The van der Waals surface area contributed by atoms with Gasteiger partial charge in [0.2, 0.25) is 10.0 Å². The van der Waals surface area contributed by atoms with Crippen LogP contribution in [-0.2, 0) is 10.0 Å². The minimum absolute atomic E-state index is 0.0704. The second-order valence-electron chi connectivity index (χ2n) is 6.24. The van der Waals surface area contributed by atoms with Gasteiger partial charge in [0, 0.05) is 12.1 Å². The van der Waals surface area contributed by atoms with Crippen LogP contribution in [-0.4, -0.2) is 55.1 Å². The fourth-order valence-corrected chi connectivity index (χ4v) is 4.67. The Morgan fingerprint density at radius 3 is 2.46 bits per heavy atom. The van der Waals surface area contributed by atoms with Gasteiger partial charge in [-0.15, -0.1) is 0 Å². The number of carbonyl (C=O) groups excluding carboxylic acids is 1. The highest BCUT2D eigenvalue weighted by Crippen LogP contribution is 2.27. The molecule has 1 aliphatic heterocycles. The highest BCUT2D eigenvalue weighted by atomic mass is 32.2. The Hall–Kier alpha value is -1.65. The SMILES string of the molecule is CC(O)C1CCCCN1S(=O)(=O)c1ccc(C(=O)NCC(F)(F)F)cc1. The average Bonchev–Trinajstić information content (AvgIpc) is 2.59. The molecule has 2 N–H and O–H groups in total. The van der Waals surface area contributed by atoms with E-state index in [-0.39, 0.29) is 17.0 Å². The number of carbonyl (C=O) groups is 1. The van der Waals surface area contributed by atoms with E-state index in [0.717, 1.165) is 6.42 Å². The number of amides is 1. The van der Waals surface area contributed by atoms with Crippen molar-refractivity contribution in [1.82, 2.24) is 9.62 Å². The molecular weight excluding hydrogens is 373 g/mol. The first-order chi connectivity index (χ1) is 12.0. The smallest absolute Gasteiger partial charge is 0.392 e. The standard InChI is InChI=1S/C16H21F3N2O4S/c1-11(22)14-4-2-3-9-21(14)26(24,25)13-7-5-12(6-8-13)15(23)20-10-16(17,18)19/h5-8,11,14,22H,2-4,9-10H2,1H3,(H,20,23). The van der Waals surface area contributed by atoms with Gasteiger partial charge in [-0.25, -0.2) is 8.42 Å². The molecule has 0 saturated carbocycles. The molecule has 1 fully saturated rings. The molecule has 0 spiro atoms. The largest absolute Gasteiger partial charge is 0.405 e. The number of benzene rings is 1. The summed E-state index contributed by atoms with van der Waals surface area (Å²) < 4.78 is 63.3. The summed E-state index contributed by atoms with van der Waals surface area (Å²) in [5, 5.41) is 11.6. The summed E-state index contributed by atoms with van der Waals surface area (Å²) in [7, 11) is -3.87. The Morgan fingerprint density at radius 1 is 1.31 bits per heavy atom. The third-order valence-electron chi connectivity index (χ3n) is 4.23. The van der Waals surface area contributed by atoms with E-state index < -0.39 is 40.8 Å². The number of piperidine rings is 1. The number of nitrogens with one attached hydrogen (secondary N) is 1.